The predicted molar refractivity (Wildman–Crippen MR) is 104 cm³/mol. The summed E-state index contributed by atoms with van der Waals surface area (Å²) in [7, 11) is -2.81. The monoisotopic (exact) mass is 489 g/mol. The second kappa shape index (κ2) is 9.93. The van der Waals surface area contributed by atoms with Crippen LogP contribution in [0.2, 0.25) is 0 Å². The van der Waals surface area contributed by atoms with Crippen LogP contribution in [0.1, 0.15) is 23.7 Å². The molecule has 0 saturated heterocycles. The molecule has 0 saturated carbocycles. The largest absolute Gasteiger partial charge is 0.575 e. The lowest BCUT2D eigenvalue weighted by atomic mass is 10.1. The van der Waals surface area contributed by atoms with Crippen molar-refractivity contribution in [2.24, 2.45) is 10.5 Å². The summed E-state index contributed by atoms with van der Waals surface area (Å²) in [6.07, 6.45) is 1.46. The van der Waals surface area contributed by atoms with Gasteiger partial charge in [-0.15, -0.1) is 0 Å². The summed E-state index contributed by atoms with van der Waals surface area (Å²) in [6.45, 7) is 2.71. The first-order valence-corrected chi connectivity index (χ1v) is 10.1. The number of aryl methyl sites for hydroxylation is 1. The average molecular weight is 490 g/mol. The molecule has 0 aliphatic rings. The Morgan fingerprint density at radius 2 is 2.21 bits per heavy atom. The maximum Gasteiger partial charge on any atom is 0.395 e. The van der Waals surface area contributed by atoms with Gasteiger partial charge in [0, 0.05) is 23.9 Å². The van der Waals surface area contributed by atoms with E-state index in [0.29, 0.717) is 16.8 Å². The first-order chi connectivity index (χ1) is 13.6. The number of nitrogens with zero attached hydrogens (tertiary/aromatic N) is 2. The van der Waals surface area contributed by atoms with Crippen molar-refractivity contribution in [3.63, 3.8) is 0 Å². The third-order valence-electron chi connectivity index (χ3n) is 3.82. The van der Waals surface area contributed by atoms with Crippen LogP contribution in [-0.2, 0) is 17.9 Å². The van der Waals surface area contributed by atoms with Gasteiger partial charge in [-0.05, 0) is 41.9 Å². The number of hydrogen-bond acceptors (Lipinski definition) is 8. The van der Waals surface area contributed by atoms with E-state index in [1.54, 1.807) is 6.92 Å². The fraction of sp³-hybridized carbons (Fsp3) is 0.294. The summed E-state index contributed by atoms with van der Waals surface area (Å²) in [5, 5.41) is 18.8. The van der Waals surface area contributed by atoms with Crippen LogP contribution in [0.3, 0.4) is 0 Å². The maximum absolute atomic E-state index is 14.8. The van der Waals surface area contributed by atoms with E-state index in [0.717, 1.165) is 0 Å². The van der Waals surface area contributed by atoms with E-state index in [1.165, 1.54) is 25.3 Å². The molecule has 1 heterocycles. The summed E-state index contributed by atoms with van der Waals surface area (Å²) in [4.78, 5) is 26.6. The lowest BCUT2D eigenvalue weighted by molar-refractivity contribution is -0.169. The molecule has 0 aliphatic carbocycles. The number of carboxylic acid groups (broad SMARTS) is 1. The number of rotatable bonds is 8. The minimum atomic E-state index is -2.81. The van der Waals surface area contributed by atoms with Gasteiger partial charge in [-0.25, -0.2) is 4.79 Å². The Morgan fingerprint density at radius 1 is 1.52 bits per heavy atom. The molecule has 0 fully saturated rings. The van der Waals surface area contributed by atoms with Crippen LogP contribution >= 0.6 is 24.1 Å². The van der Waals surface area contributed by atoms with Crippen LogP contribution in [0.15, 0.2) is 27.5 Å². The summed E-state index contributed by atoms with van der Waals surface area (Å²) < 4.78 is 28.9. The number of pyridine rings is 1. The Labute approximate surface area is 175 Å². The number of halogens is 2. The number of nitrogens with two attached hydrogens (primary N) is 1. The highest BCUT2D eigenvalue weighted by Gasteiger charge is 2.21. The van der Waals surface area contributed by atoms with Gasteiger partial charge in [0.05, 0.1) is 10.2 Å². The van der Waals surface area contributed by atoms with Crippen molar-refractivity contribution in [3.05, 3.63) is 45.4 Å². The molecule has 9 nitrogen and oxygen atoms in total. The van der Waals surface area contributed by atoms with E-state index in [9.17, 15) is 19.2 Å². The molecule has 2 atom stereocenters. The van der Waals surface area contributed by atoms with E-state index < -0.39 is 31.7 Å². The minimum Gasteiger partial charge on any atom is -0.575 e. The Hall–Kier alpha value is -2.33. The smallest absolute Gasteiger partial charge is 0.395 e. The van der Waals surface area contributed by atoms with E-state index in [-0.39, 0.29) is 29.1 Å². The van der Waals surface area contributed by atoms with Gasteiger partial charge in [-0.2, -0.15) is 4.39 Å². The fourth-order valence-electron chi connectivity index (χ4n) is 2.20. The Balaban J connectivity index is 2.26. The third-order valence-corrected chi connectivity index (χ3v) is 5.33. The van der Waals surface area contributed by atoms with Gasteiger partial charge in [0.25, 0.3) is 0 Å². The molecule has 1 aromatic heterocycles. The molecule has 0 bridgehead atoms. The van der Waals surface area contributed by atoms with Gasteiger partial charge in [-0.3, -0.25) is 9.51 Å². The normalized spacial score (nSPS) is 12.6. The van der Waals surface area contributed by atoms with Crippen molar-refractivity contribution in [2.45, 2.75) is 33.0 Å². The van der Waals surface area contributed by atoms with Gasteiger partial charge in [0.1, 0.15) is 12.4 Å². The number of carbonyl (C=O) groups is 1. The second-order valence-electron chi connectivity index (χ2n) is 5.84. The zero-order chi connectivity index (χ0) is 21.7. The first kappa shape index (κ1) is 23.0. The molecule has 0 spiro atoms. The lowest BCUT2D eigenvalue weighted by Crippen LogP contribution is -2.13. The highest BCUT2D eigenvalue weighted by atomic mass is 79.9. The van der Waals surface area contributed by atoms with Crippen molar-refractivity contribution in [2.75, 3.05) is 0 Å². The molecule has 0 radical (unpaired) electrons. The van der Waals surface area contributed by atoms with Crippen molar-refractivity contribution < 1.29 is 33.6 Å². The predicted octanol–water partition coefficient (Wildman–Crippen LogP) is 2.74. The van der Waals surface area contributed by atoms with Gasteiger partial charge in [-0.1, -0.05) is 4.74 Å². The molecule has 1 aromatic carbocycles. The Bertz CT molecular complexity index is 959. The fourth-order valence-corrected chi connectivity index (χ4v) is 3.36. The molecule has 29 heavy (non-hydrogen) atoms. The zero-order valence-corrected chi connectivity index (χ0v) is 17.9. The molecule has 156 valence electrons. The van der Waals surface area contributed by atoms with Gasteiger partial charge >= 0.3 is 14.1 Å². The van der Waals surface area contributed by atoms with Crippen molar-refractivity contribution in [1.29, 1.82) is 0 Å². The van der Waals surface area contributed by atoms with Gasteiger partial charge in [0.2, 0.25) is 11.6 Å². The van der Waals surface area contributed by atoms with Gasteiger partial charge in [0.15, 0.2) is 11.8 Å². The number of benzene rings is 1. The summed E-state index contributed by atoms with van der Waals surface area (Å²) in [6, 6.07) is 1.33. The summed E-state index contributed by atoms with van der Waals surface area (Å²) in [5.74, 6) is -2.96. The van der Waals surface area contributed by atoms with E-state index in [4.69, 9.17) is 20.1 Å². The van der Waals surface area contributed by atoms with E-state index in [2.05, 4.69) is 25.7 Å². The van der Waals surface area contributed by atoms with E-state index >= 15 is 0 Å². The van der Waals surface area contributed by atoms with Crippen LogP contribution in [0.4, 0.5) is 4.39 Å². The number of aromatic nitrogens is 1. The summed E-state index contributed by atoms with van der Waals surface area (Å²) in [5.41, 5.74) is 6.95. The van der Waals surface area contributed by atoms with Crippen LogP contribution in [0.5, 0.6) is 17.2 Å². The molecule has 12 heteroatoms. The topological polar surface area (TPSA) is 150 Å². The van der Waals surface area contributed by atoms with Crippen molar-refractivity contribution in [3.8, 4) is 17.2 Å². The highest BCUT2D eigenvalue weighted by Crippen LogP contribution is 2.38. The molecule has 2 unspecified atom stereocenters. The summed E-state index contributed by atoms with van der Waals surface area (Å²) >= 11 is 3.16. The number of aliphatic carboxylic acids is 1. The highest BCUT2D eigenvalue weighted by molar-refractivity contribution is 9.10. The number of carboxylic acids is 1. The standard InChI is InChI=1S/C17H18BrFN3O6P/c1-8-15(23)11(5-20)10(6-21-8)7-27-16-12(18)3-4-13(14(16)19)28-29(26)22-9(2)17(24)25/h3-4,6,9,23H,5,7,20H2,1-2H3,(H,24,25). The van der Waals surface area contributed by atoms with Crippen LogP contribution in [0, 0.1) is 12.7 Å². The molecular weight excluding hydrogens is 472 g/mol. The SMILES string of the molecule is Cc1ncc(COc2c(Br)ccc(O/[P+]([O-])=N/C(C)C(=O)O)c2F)c(CN)c1O. The van der Waals surface area contributed by atoms with Crippen LogP contribution in [-0.4, -0.2) is 27.2 Å². The third kappa shape index (κ3) is 5.60. The quantitative estimate of drug-likeness (QED) is 0.478. The van der Waals surface area contributed by atoms with Crippen molar-refractivity contribution >= 4 is 30.1 Å². The first-order valence-electron chi connectivity index (χ1n) is 8.21. The van der Waals surface area contributed by atoms with Crippen molar-refractivity contribution in [1.82, 2.24) is 4.98 Å². The van der Waals surface area contributed by atoms with Crippen LogP contribution in [0.25, 0.3) is 0 Å². The van der Waals surface area contributed by atoms with Gasteiger partial charge < -0.3 is 25.6 Å². The molecule has 2 aromatic rings. The molecular formula is C17H18BrFN3O6P. The van der Waals surface area contributed by atoms with Crippen LogP contribution < -0.4 is 19.9 Å². The number of ether oxygens (including phenoxy) is 1. The Morgan fingerprint density at radius 3 is 2.83 bits per heavy atom. The minimum absolute atomic E-state index is 0.0322. The average Bonchev–Trinajstić information content (AvgIpc) is 2.66. The number of aromatic hydroxyl groups is 1. The lowest BCUT2D eigenvalue weighted by Gasteiger charge is -2.14. The number of hydrogen-bond donors (Lipinski definition) is 3. The Kier molecular flexibility index (Phi) is 7.86. The molecule has 2 rings (SSSR count). The molecule has 0 aliphatic heterocycles. The zero-order valence-electron chi connectivity index (χ0n) is 15.4. The second-order valence-corrected chi connectivity index (χ2v) is 7.58. The van der Waals surface area contributed by atoms with E-state index in [1.807, 2.05) is 0 Å². The maximum atomic E-state index is 14.8. The molecule has 0 amide bonds. The molecule has 4 N–H and O–H groups in total.